The molecule has 0 bridgehead atoms. The molecule has 2 rings (SSSR count). The lowest BCUT2D eigenvalue weighted by Crippen LogP contribution is -2.59. The molecule has 0 aliphatic carbocycles. The number of rotatable bonds is 17. The molecule has 1 aliphatic heterocycles. The van der Waals surface area contributed by atoms with Crippen LogP contribution < -0.4 is 43.8 Å². The molecule has 1 heterocycles. The van der Waals surface area contributed by atoms with E-state index in [0.717, 1.165) is 0 Å². The fraction of sp³-hybridized carbons (Fsp3) is 0.600. The van der Waals surface area contributed by atoms with Gasteiger partial charge in [-0.1, -0.05) is 38.1 Å². The molecule has 1 aliphatic rings. The van der Waals surface area contributed by atoms with E-state index in [0.29, 0.717) is 44.3 Å². The second-order valence-electron chi connectivity index (χ2n) is 13.3. The first kappa shape index (κ1) is 42.6. The van der Waals surface area contributed by atoms with Crippen LogP contribution in [0.2, 0.25) is 0 Å². The number of hydrogen-bond donors (Lipinski definition) is 10. The van der Waals surface area contributed by atoms with Crippen molar-refractivity contribution in [1.29, 1.82) is 0 Å². The highest BCUT2D eigenvalue weighted by Crippen LogP contribution is 2.14. The van der Waals surface area contributed by atoms with E-state index in [-0.39, 0.29) is 50.2 Å². The Kier molecular flexibility index (Phi) is 18.7. The van der Waals surface area contributed by atoms with E-state index >= 15 is 0 Å². The van der Waals surface area contributed by atoms with Crippen LogP contribution >= 0.6 is 0 Å². The van der Waals surface area contributed by atoms with Crippen molar-refractivity contribution >= 4 is 35.5 Å². The topological polar surface area (TPSA) is 281 Å². The van der Waals surface area contributed by atoms with Crippen molar-refractivity contribution in [1.82, 2.24) is 26.6 Å². The van der Waals surface area contributed by atoms with Crippen LogP contribution in [0.15, 0.2) is 36.4 Å². The summed E-state index contributed by atoms with van der Waals surface area (Å²) in [6, 6.07) is -0.820. The predicted octanol–water partition coefficient (Wildman–Crippen LogP) is -0.575. The van der Waals surface area contributed by atoms with E-state index < -0.39 is 71.8 Å². The van der Waals surface area contributed by atoms with E-state index in [1.54, 1.807) is 24.3 Å². The average Bonchev–Trinajstić information content (AvgIpc) is 3.08. The minimum absolute atomic E-state index is 0.00641. The zero-order valence-corrected chi connectivity index (χ0v) is 29.6. The van der Waals surface area contributed by atoms with Gasteiger partial charge in [0, 0.05) is 6.42 Å². The van der Waals surface area contributed by atoms with Crippen LogP contribution in [0.1, 0.15) is 77.2 Å². The largest absolute Gasteiger partial charge is 0.508 e. The lowest BCUT2D eigenvalue weighted by molar-refractivity contribution is -0.142. The van der Waals surface area contributed by atoms with Crippen molar-refractivity contribution in [2.24, 2.45) is 23.1 Å². The maximum absolute atomic E-state index is 13.9. The Labute approximate surface area is 299 Å². The number of carboxylic acids is 1. The van der Waals surface area contributed by atoms with Gasteiger partial charge in [0.1, 0.15) is 36.0 Å². The summed E-state index contributed by atoms with van der Waals surface area (Å²) < 4.78 is 0. The lowest BCUT2D eigenvalue weighted by atomic mass is 10.0. The van der Waals surface area contributed by atoms with E-state index in [4.69, 9.17) is 17.2 Å². The van der Waals surface area contributed by atoms with Gasteiger partial charge in [-0.05, 0) is 94.5 Å². The number of carboxylic acid groups (broad SMARTS) is 1. The monoisotopic (exact) mass is 716 g/mol. The summed E-state index contributed by atoms with van der Waals surface area (Å²) in [7, 11) is 0. The Bertz CT molecular complexity index is 1340. The molecule has 0 radical (unpaired) electrons. The standard InChI is InChI=1S/C35H56N8O8/c1-21(2)19-29(35(50)51)43-34(49)28(20-22-13-15-23(44)16-14-22)42-33(48)26-10-4-3-9-24(38)30(45)39-25(11-5-7-17-36)31(46)41-27(32(47)40-26)12-6-8-18-37/h3-4,13-16,21,24-29,44H,5-12,17-20,36-38H2,1-2H3,(H,39,45)(H,40,47)(H,41,46)(H,42,48)(H,43,49)(H,50,51)/b4-3+/t24-,25+,26-,27+,28+,29+/m1/s1. The molecule has 51 heavy (non-hydrogen) atoms. The summed E-state index contributed by atoms with van der Waals surface area (Å²) in [6.07, 6.45) is 5.95. The lowest BCUT2D eigenvalue weighted by Gasteiger charge is -2.27. The molecule has 0 spiro atoms. The minimum atomic E-state index is -1.27. The van der Waals surface area contributed by atoms with Crippen LogP contribution in [0.3, 0.4) is 0 Å². The van der Waals surface area contributed by atoms with Crippen molar-refractivity contribution in [2.75, 3.05) is 13.1 Å². The maximum atomic E-state index is 13.9. The third kappa shape index (κ3) is 15.5. The molecule has 6 atom stereocenters. The van der Waals surface area contributed by atoms with E-state index in [2.05, 4.69) is 26.6 Å². The van der Waals surface area contributed by atoms with Gasteiger partial charge >= 0.3 is 5.97 Å². The van der Waals surface area contributed by atoms with Crippen LogP contribution in [0.4, 0.5) is 0 Å². The summed E-state index contributed by atoms with van der Waals surface area (Å²) in [4.78, 5) is 79.5. The Hall–Kier alpha value is -4.54. The van der Waals surface area contributed by atoms with Gasteiger partial charge in [-0.2, -0.15) is 0 Å². The summed E-state index contributed by atoms with van der Waals surface area (Å²) >= 11 is 0. The van der Waals surface area contributed by atoms with Gasteiger partial charge in [-0.3, -0.25) is 24.0 Å². The van der Waals surface area contributed by atoms with Gasteiger partial charge in [-0.25, -0.2) is 4.79 Å². The molecule has 1 aromatic carbocycles. The number of phenolic OH excluding ortho intramolecular Hbond substituents is 1. The van der Waals surface area contributed by atoms with Gasteiger partial charge in [-0.15, -0.1) is 0 Å². The Morgan fingerprint density at radius 2 is 1.35 bits per heavy atom. The van der Waals surface area contributed by atoms with Gasteiger partial charge in [0.25, 0.3) is 0 Å². The fourth-order valence-corrected chi connectivity index (χ4v) is 5.47. The first-order valence-corrected chi connectivity index (χ1v) is 17.6. The van der Waals surface area contributed by atoms with Gasteiger partial charge in [0.15, 0.2) is 0 Å². The Morgan fingerprint density at radius 3 is 1.90 bits per heavy atom. The molecule has 16 heteroatoms. The highest BCUT2D eigenvalue weighted by molar-refractivity contribution is 5.96. The molecular weight excluding hydrogens is 660 g/mol. The van der Waals surface area contributed by atoms with E-state index in [1.807, 2.05) is 13.8 Å². The second-order valence-corrected chi connectivity index (χ2v) is 13.3. The average molecular weight is 717 g/mol. The number of carbonyl (C=O) groups excluding carboxylic acids is 5. The van der Waals surface area contributed by atoms with E-state index in [9.17, 15) is 39.0 Å². The van der Waals surface area contributed by atoms with Crippen molar-refractivity contribution in [2.45, 2.75) is 114 Å². The summed E-state index contributed by atoms with van der Waals surface area (Å²) in [5.41, 5.74) is 18.0. The highest BCUT2D eigenvalue weighted by Gasteiger charge is 2.33. The third-order valence-electron chi connectivity index (χ3n) is 8.39. The summed E-state index contributed by atoms with van der Waals surface area (Å²) in [5.74, 6) is -4.59. The van der Waals surface area contributed by atoms with Gasteiger partial charge in [0.2, 0.25) is 29.5 Å². The molecular formula is C35H56N8O8. The number of aromatic hydroxyl groups is 1. The number of phenols is 1. The quantitative estimate of drug-likeness (QED) is 0.0719. The molecule has 0 unspecified atom stereocenters. The molecule has 5 amide bonds. The number of amides is 5. The van der Waals surface area contributed by atoms with E-state index in [1.165, 1.54) is 12.1 Å². The fourth-order valence-electron chi connectivity index (χ4n) is 5.47. The molecule has 0 fully saturated rings. The van der Waals surface area contributed by atoms with Crippen LogP contribution in [-0.4, -0.2) is 95.1 Å². The first-order chi connectivity index (χ1) is 24.2. The predicted molar refractivity (Wildman–Crippen MR) is 191 cm³/mol. The zero-order chi connectivity index (χ0) is 37.9. The number of hydrogen-bond acceptors (Lipinski definition) is 10. The Morgan fingerprint density at radius 1 is 0.804 bits per heavy atom. The molecule has 0 aromatic heterocycles. The number of benzene rings is 1. The molecule has 0 saturated carbocycles. The van der Waals surface area contributed by atoms with Gasteiger partial charge in [0.05, 0.1) is 6.04 Å². The van der Waals surface area contributed by atoms with Crippen molar-refractivity contribution in [3.63, 3.8) is 0 Å². The van der Waals surface area contributed by atoms with Crippen molar-refractivity contribution in [3.05, 3.63) is 42.0 Å². The van der Waals surface area contributed by atoms with Gasteiger partial charge < -0.3 is 54.0 Å². The number of carbonyl (C=O) groups is 6. The molecule has 1 aromatic rings. The molecule has 0 saturated heterocycles. The number of nitrogens with one attached hydrogen (secondary N) is 5. The highest BCUT2D eigenvalue weighted by atomic mass is 16.4. The Balaban J connectivity index is 2.43. The maximum Gasteiger partial charge on any atom is 0.326 e. The van der Waals surface area contributed by atoms with Crippen molar-refractivity contribution < 1.29 is 39.0 Å². The minimum Gasteiger partial charge on any atom is -0.508 e. The summed E-state index contributed by atoms with van der Waals surface area (Å²) in [6.45, 7) is 4.39. The van der Waals surface area contributed by atoms with Crippen LogP contribution in [-0.2, 0) is 35.2 Å². The van der Waals surface area contributed by atoms with Crippen LogP contribution in [0.5, 0.6) is 5.75 Å². The normalized spacial score (nSPS) is 22.0. The van der Waals surface area contributed by atoms with Crippen LogP contribution in [0.25, 0.3) is 0 Å². The smallest absolute Gasteiger partial charge is 0.326 e. The molecule has 284 valence electrons. The SMILES string of the molecule is CC(C)C[C@H](NC(=O)[C@H](Cc1ccc(O)cc1)NC(=O)[C@H]1C/C=C/C[C@@H](N)C(=O)N[C@@H](CCCCN)C(=O)N[C@@H](CCCCN)C(=O)N1)C(=O)O. The number of unbranched alkanes of at least 4 members (excludes halogenated alkanes) is 2. The third-order valence-corrected chi connectivity index (χ3v) is 8.39. The van der Waals surface area contributed by atoms with Crippen molar-refractivity contribution in [3.8, 4) is 5.75 Å². The molecule has 13 N–H and O–H groups in total. The molecule has 16 nitrogen and oxygen atoms in total. The second kappa shape index (κ2) is 22.3. The van der Waals surface area contributed by atoms with Crippen LogP contribution in [0, 0.1) is 5.92 Å². The number of nitrogens with two attached hydrogens (primary N) is 3. The number of aliphatic carboxylic acids is 1. The first-order valence-electron chi connectivity index (χ1n) is 17.6. The summed E-state index contributed by atoms with van der Waals surface area (Å²) in [5, 5.41) is 32.8. The zero-order valence-electron chi connectivity index (χ0n) is 29.6.